The molecule has 0 radical (unpaired) electrons. The quantitative estimate of drug-likeness (QED) is 0.375. The normalized spacial score (nSPS) is 7.40. The molecule has 0 unspecified atom stereocenters. The summed E-state index contributed by atoms with van der Waals surface area (Å²) in [5.41, 5.74) is 0. The second-order valence-electron chi connectivity index (χ2n) is 0.781. The van der Waals surface area contributed by atoms with Crippen molar-refractivity contribution in [1.82, 2.24) is 0 Å². The maximum Gasteiger partial charge on any atom is 0.230 e. The molecule has 1 nitrogen and oxygen atoms in total. The largest absolute Gasteiger partial charge is 0.450 e. The van der Waals surface area contributed by atoms with Crippen LogP contribution in [-0.4, -0.2) is 21.7 Å². The molecule has 3 heteroatoms. The highest BCUT2D eigenvalue weighted by atomic mass is 16.4. The molecule has 0 rings (SSSR count). The van der Waals surface area contributed by atoms with Crippen LogP contribution in [0.3, 0.4) is 0 Å². The summed E-state index contributed by atoms with van der Waals surface area (Å²) in [6.45, 7) is 2.83. The Kier molecular flexibility index (Phi) is 4.16. The Morgan fingerprint density at radius 3 is 2.60 bits per heavy atom. The summed E-state index contributed by atoms with van der Waals surface area (Å²) in [4.78, 5) is 0. The molecule has 0 N–H and O–H groups in total. The number of rotatable bonds is 2. The molecule has 0 fully saturated rings. The fraction of sp³-hybridized carbons (Fsp3) is 1.00. The van der Waals surface area contributed by atoms with E-state index in [4.69, 9.17) is 4.65 Å². The van der Waals surface area contributed by atoms with E-state index in [1.807, 2.05) is 14.7 Å². The Morgan fingerprint density at radius 1 is 2.00 bits per heavy atom. The molecule has 0 amide bonds. The highest BCUT2D eigenvalue weighted by Gasteiger charge is 1.69. The average molecular weight is 69.7 g/mol. The summed E-state index contributed by atoms with van der Waals surface area (Å²) in [5.74, 6) is 0. The van der Waals surface area contributed by atoms with Crippen LogP contribution >= 0.6 is 0 Å². The van der Waals surface area contributed by atoms with Crippen molar-refractivity contribution in [2.45, 2.75) is 6.92 Å². The van der Waals surface area contributed by atoms with Gasteiger partial charge < -0.3 is 4.65 Å². The van der Waals surface area contributed by atoms with Gasteiger partial charge in [0.05, 0.1) is 0 Å². The summed E-state index contributed by atoms with van der Waals surface area (Å²) in [6, 6.07) is 0. The van der Waals surface area contributed by atoms with E-state index < -0.39 is 0 Å². The fourth-order valence-electron chi connectivity index (χ4n) is 0.204. The molecule has 5 heavy (non-hydrogen) atoms. The Labute approximate surface area is 34.4 Å². The van der Waals surface area contributed by atoms with E-state index in [1.165, 1.54) is 0 Å². The molecule has 0 spiro atoms. The van der Waals surface area contributed by atoms with Gasteiger partial charge in [-0.05, 0) is 6.92 Å². The third-order valence-corrected chi connectivity index (χ3v) is 0.408. The standard InChI is InChI=1S/C2H8B2O/c1-2-5-4-3/h4H,2-3H2,1H3. The van der Waals surface area contributed by atoms with Crippen molar-refractivity contribution in [2.24, 2.45) is 0 Å². The summed E-state index contributed by atoms with van der Waals surface area (Å²) >= 11 is 0. The van der Waals surface area contributed by atoms with Crippen molar-refractivity contribution in [2.75, 3.05) is 6.61 Å². The van der Waals surface area contributed by atoms with Gasteiger partial charge in [0.15, 0.2) is 0 Å². The lowest BCUT2D eigenvalue weighted by Crippen LogP contribution is -1.94. The van der Waals surface area contributed by atoms with Gasteiger partial charge in [0.1, 0.15) is 7.74 Å². The van der Waals surface area contributed by atoms with Gasteiger partial charge >= 0.3 is 0 Å². The van der Waals surface area contributed by atoms with Gasteiger partial charge in [-0.15, -0.1) is 0 Å². The van der Waals surface area contributed by atoms with Crippen LogP contribution in [0.1, 0.15) is 6.92 Å². The van der Waals surface area contributed by atoms with Crippen LogP contribution in [0.25, 0.3) is 0 Å². The van der Waals surface area contributed by atoms with Crippen molar-refractivity contribution in [3.63, 3.8) is 0 Å². The van der Waals surface area contributed by atoms with Crippen molar-refractivity contribution in [1.29, 1.82) is 0 Å². The Bertz CT molecular complexity index is 15.1. The molecular formula is C2H8B2O. The second kappa shape index (κ2) is 4.09. The van der Waals surface area contributed by atoms with Crippen LogP contribution in [0.2, 0.25) is 0 Å². The minimum Gasteiger partial charge on any atom is -0.450 e. The minimum atomic E-state index is 0.844. The monoisotopic (exact) mass is 70.1 g/mol. The van der Waals surface area contributed by atoms with Crippen LogP contribution in [0.4, 0.5) is 0 Å². The van der Waals surface area contributed by atoms with E-state index in [0.717, 1.165) is 14.0 Å². The van der Waals surface area contributed by atoms with Crippen LogP contribution in [-0.2, 0) is 4.65 Å². The summed E-state index contributed by atoms with van der Waals surface area (Å²) in [7, 11) is 2.83. The molecule has 28 valence electrons. The van der Waals surface area contributed by atoms with Crippen LogP contribution in [0.15, 0.2) is 0 Å². The summed E-state index contributed by atoms with van der Waals surface area (Å²) < 4.78 is 4.83. The highest BCUT2D eigenvalue weighted by molar-refractivity contribution is 6.85. The fourth-order valence-corrected chi connectivity index (χ4v) is 0.204. The third kappa shape index (κ3) is 4.09. The molecule has 0 heterocycles. The molecule has 0 aliphatic heterocycles. The first-order valence-corrected chi connectivity index (χ1v) is 1.99. The zero-order valence-corrected chi connectivity index (χ0v) is 3.82. The van der Waals surface area contributed by atoms with Gasteiger partial charge in [0.2, 0.25) is 7.37 Å². The third-order valence-electron chi connectivity index (χ3n) is 0.408. The zero-order valence-electron chi connectivity index (χ0n) is 3.82. The molecule has 0 aromatic rings. The van der Waals surface area contributed by atoms with E-state index in [-0.39, 0.29) is 0 Å². The van der Waals surface area contributed by atoms with Gasteiger partial charge in [-0.1, -0.05) is 0 Å². The molecule has 0 saturated heterocycles. The lowest BCUT2D eigenvalue weighted by molar-refractivity contribution is 0.371. The van der Waals surface area contributed by atoms with E-state index in [9.17, 15) is 0 Å². The van der Waals surface area contributed by atoms with E-state index >= 15 is 0 Å². The highest BCUT2D eigenvalue weighted by Crippen LogP contribution is 1.57. The number of hydrogen-bond acceptors (Lipinski definition) is 1. The zero-order chi connectivity index (χ0) is 4.12. The molecule has 0 saturated carbocycles. The molecule has 0 aromatic heterocycles. The van der Waals surface area contributed by atoms with E-state index in [2.05, 4.69) is 0 Å². The Balaban J connectivity index is 2.19. The molecule has 0 aliphatic rings. The summed E-state index contributed by atoms with van der Waals surface area (Å²) in [5, 5.41) is 0. The van der Waals surface area contributed by atoms with Crippen LogP contribution in [0, 0.1) is 0 Å². The van der Waals surface area contributed by atoms with E-state index in [1.54, 1.807) is 0 Å². The SMILES string of the molecule is BBOCC. The van der Waals surface area contributed by atoms with Gasteiger partial charge in [-0.2, -0.15) is 0 Å². The molecule has 0 bridgehead atoms. The van der Waals surface area contributed by atoms with Gasteiger partial charge in [-0.25, -0.2) is 0 Å². The van der Waals surface area contributed by atoms with Gasteiger partial charge in [0, 0.05) is 6.61 Å². The van der Waals surface area contributed by atoms with Crippen molar-refractivity contribution >= 4 is 15.1 Å². The van der Waals surface area contributed by atoms with E-state index in [0.29, 0.717) is 0 Å². The maximum atomic E-state index is 4.83. The Morgan fingerprint density at radius 2 is 2.60 bits per heavy atom. The van der Waals surface area contributed by atoms with Crippen molar-refractivity contribution < 1.29 is 4.65 Å². The predicted octanol–water partition coefficient (Wildman–Crippen LogP) is -1.08. The Hall–Kier alpha value is 0.0899. The lowest BCUT2D eigenvalue weighted by atomic mass is 9.72. The minimum absolute atomic E-state index is 0.844. The average Bonchev–Trinajstić information content (AvgIpc) is 1.41. The van der Waals surface area contributed by atoms with Crippen LogP contribution in [0.5, 0.6) is 0 Å². The smallest absolute Gasteiger partial charge is 0.230 e. The molecule has 0 aliphatic carbocycles. The van der Waals surface area contributed by atoms with Crippen LogP contribution < -0.4 is 0 Å². The van der Waals surface area contributed by atoms with Gasteiger partial charge in [0.25, 0.3) is 0 Å². The first kappa shape index (κ1) is 5.09. The predicted molar refractivity (Wildman–Crippen MR) is 27.3 cm³/mol. The second-order valence-corrected chi connectivity index (χ2v) is 0.781. The molecule has 0 aromatic carbocycles. The first-order valence-electron chi connectivity index (χ1n) is 1.99. The molecule has 0 atom stereocenters. The van der Waals surface area contributed by atoms with Gasteiger partial charge in [-0.3, -0.25) is 0 Å². The van der Waals surface area contributed by atoms with Crippen molar-refractivity contribution in [3.8, 4) is 0 Å². The number of hydrogen-bond donors (Lipinski definition) is 0. The van der Waals surface area contributed by atoms with Crippen molar-refractivity contribution in [3.05, 3.63) is 0 Å². The first-order chi connectivity index (χ1) is 2.41. The molecular weight excluding hydrogens is 61.6 g/mol. The maximum absolute atomic E-state index is 4.83. The summed E-state index contributed by atoms with van der Waals surface area (Å²) in [6.07, 6.45) is 0. The lowest BCUT2D eigenvalue weighted by Gasteiger charge is -1.85. The topological polar surface area (TPSA) is 9.23 Å².